The zero-order valence-corrected chi connectivity index (χ0v) is 10.8. The molecule has 0 amide bonds. The largest absolute Gasteiger partial charge is 0.467 e. The van der Waals surface area contributed by atoms with Crippen LogP contribution in [-0.2, 0) is 13.1 Å². The first-order chi connectivity index (χ1) is 8.20. The minimum absolute atomic E-state index is 0.612. The Balaban J connectivity index is 2.10. The molecule has 0 bridgehead atoms. The number of aryl methyl sites for hydroxylation is 1. The molecule has 92 valence electrons. The highest BCUT2D eigenvalue weighted by Crippen LogP contribution is 2.16. The maximum Gasteiger partial charge on any atom is 0.129 e. The zero-order valence-electron chi connectivity index (χ0n) is 10.0. The number of halogens is 1. The highest BCUT2D eigenvalue weighted by Gasteiger charge is 2.08. The molecule has 0 aliphatic rings. The van der Waals surface area contributed by atoms with Crippen LogP contribution < -0.4 is 5.32 Å². The van der Waals surface area contributed by atoms with Crippen LogP contribution in [0.3, 0.4) is 0 Å². The fourth-order valence-electron chi connectivity index (χ4n) is 1.64. The van der Waals surface area contributed by atoms with Gasteiger partial charge in [0.15, 0.2) is 0 Å². The molecule has 0 radical (unpaired) electrons. The van der Waals surface area contributed by atoms with Crippen molar-refractivity contribution in [3.63, 3.8) is 0 Å². The predicted octanol–water partition coefficient (Wildman–Crippen LogP) is 2.60. The molecule has 0 spiro atoms. The van der Waals surface area contributed by atoms with E-state index in [0.717, 1.165) is 30.1 Å². The van der Waals surface area contributed by atoms with Crippen LogP contribution in [0, 0.1) is 6.92 Å². The lowest BCUT2D eigenvalue weighted by molar-refractivity contribution is 0.472. The van der Waals surface area contributed by atoms with Gasteiger partial charge in [0.05, 0.1) is 23.5 Å². The van der Waals surface area contributed by atoms with Crippen molar-refractivity contribution in [2.45, 2.75) is 26.9 Å². The molecule has 0 fully saturated rings. The molecule has 0 saturated carbocycles. The van der Waals surface area contributed by atoms with E-state index in [9.17, 15) is 0 Å². The quantitative estimate of drug-likeness (QED) is 0.891. The van der Waals surface area contributed by atoms with Gasteiger partial charge in [0, 0.05) is 18.3 Å². The molecule has 0 aromatic carbocycles. The molecule has 5 heteroatoms. The van der Waals surface area contributed by atoms with E-state index in [0.29, 0.717) is 11.6 Å². The van der Waals surface area contributed by atoms with Gasteiger partial charge in [0.25, 0.3) is 0 Å². The van der Waals surface area contributed by atoms with Gasteiger partial charge < -0.3 is 9.73 Å². The van der Waals surface area contributed by atoms with Crippen LogP contribution in [-0.4, -0.2) is 16.3 Å². The van der Waals surface area contributed by atoms with Gasteiger partial charge in [0.2, 0.25) is 0 Å². The zero-order chi connectivity index (χ0) is 12.3. The van der Waals surface area contributed by atoms with E-state index < -0.39 is 0 Å². The maximum absolute atomic E-state index is 5.97. The lowest BCUT2D eigenvalue weighted by atomic mass is 10.2. The third-order valence-electron chi connectivity index (χ3n) is 2.60. The van der Waals surface area contributed by atoms with E-state index in [4.69, 9.17) is 16.0 Å². The van der Waals surface area contributed by atoms with Gasteiger partial charge >= 0.3 is 0 Å². The van der Waals surface area contributed by atoms with Crippen LogP contribution in [0.25, 0.3) is 0 Å². The molecular weight excluding hydrogens is 238 g/mol. The summed E-state index contributed by atoms with van der Waals surface area (Å²) in [5.41, 5.74) is 2.00. The SMILES string of the molecule is CCNCc1ccoc1Cn1cc(Cl)c(C)n1. The lowest BCUT2D eigenvalue weighted by Gasteiger charge is -2.03. The van der Waals surface area contributed by atoms with Crippen molar-refractivity contribution >= 4 is 11.6 Å². The van der Waals surface area contributed by atoms with Gasteiger partial charge in [-0.15, -0.1) is 0 Å². The van der Waals surface area contributed by atoms with Crippen molar-refractivity contribution < 1.29 is 4.42 Å². The van der Waals surface area contributed by atoms with Gasteiger partial charge in [-0.25, -0.2) is 0 Å². The minimum atomic E-state index is 0.612. The van der Waals surface area contributed by atoms with Gasteiger partial charge in [-0.3, -0.25) is 4.68 Å². The average Bonchev–Trinajstić information content (AvgIpc) is 2.85. The standard InChI is InChI=1S/C12H16ClN3O/c1-3-14-6-10-4-5-17-12(10)8-16-7-11(13)9(2)15-16/h4-5,7,14H,3,6,8H2,1-2H3. The van der Waals surface area contributed by atoms with Crippen molar-refractivity contribution in [2.24, 2.45) is 0 Å². The number of aromatic nitrogens is 2. The van der Waals surface area contributed by atoms with E-state index in [2.05, 4.69) is 17.3 Å². The second kappa shape index (κ2) is 5.38. The Labute approximate surface area is 106 Å². The fourth-order valence-corrected chi connectivity index (χ4v) is 1.80. The molecule has 1 N–H and O–H groups in total. The van der Waals surface area contributed by atoms with Crippen LogP contribution >= 0.6 is 11.6 Å². The Morgan fingerprint density at radius 3 is 3.00 bits per heavy atom. The molecule has 2 aromatic heterocycles. The molecule has 2 rings (SSSR count). The summed E-state index contributed by atoms with van der Waals surface area (Å²) in [4.78, 5) is 0. The summed E-state index contributed by atoms with van der Waals surface area (Å²) < 4.78 is 7.27. The smallest absolute Gasteiger partial charge is 0.129 e. The Bertz CT molecular complexity index is 470. The second-order valence-corrected chi connectivity index (χ2v) is 4.32. The molecule has 2 heterocycles. The molecule has 0 saturated heterocycles. The summed E-state index contributed by atoms with van der Waals surface area (Å²) in [6.45, 7) is 6.34. The summed E-state index contributed by atoms with van der Waals surface area (Å²) in [7, 11) is 0. The third-order valence-corrected chi connectivity index (χ3v) is 2.97. The lowest BCUT2D eigenvalue weighted by Crippen LogP contribution is -2.13. The highest BCUT2D eigenvalue weighted by atomic mass is 35.5. The normalized spacial score (nSPS) is 11.0. The van der Waals surface area contributed by atoms with Crippen molar-refractivity contribution in [2.75, 3.05) is 6.54 Å². The van der Waals surface area contributed by atoms with Crippen molar-refractivity contribution in [1.29, 1.82) is 0 Å². The molecule has 2 aromatic rings. The summed E-state index contributed by atoms with van der Waals surface area (Å²) in [6.07, 6.45) is 3.52. The number of hydrogen-bond acceptors (Lipinski definition) is 3. The van der Waals surface area contributed by atoms with Crippen molar-refractivity contribution in [3.8, 4) is 0 Å². The maximum atomic E-state index is 5.97. The average molecular weight is 254 g/mol. The number of nitrogens with one attached hydrogen (secondary N) is 1. The van der Waals surface area contributed by atoms with E-state index in [1.54, 1.807) is 10.9 Å². The second-order valence-electron chi connectivity index (χ2n) is 3.91. The Kier molecular flexibility index (Phi) is 3.86. The summed E-state index contributed by atoms with van der Waals surface area (Å²) >= 11 is 5.97. The number of rotatable bonds is 5. The molecule has 0 atom stereocenters. The van der Waals surface area contributed by atoms with Crippen molar-refractivity contribution in [3.05, 3.63) is 40.6 Å². The van der Waals surface area contributed by atoms with Crippen LogP contribution in [0.5, 0.6) is 0 Å². The first kappa shape index (κ1) is 12.2. The topological polar surface area (TPSA) is 43.0 Å². The summed E-state index contributed by atoms with van der Waals surface area (Å²) in [5, 5.41) is 8.27. The van der Waals surface area contributed by atoms with E-state index in [1.165, 1.54) is 0 Å². The molecule has 17 heavy (non-hydrogen) atoms. The molecular formula is C12H16ClN3O. The van der Waals surface area contributed by atoms with E-state index in [1.807, 2.05) is 19.2 Å². The Hall–Kier alpha value is -1.26. The van der Waals surface area contributed by atoms with E-state index in [-0.39, 0.29) is 0 Å². The number of furan rings is 1. The summed E-state index contributed by atoms with van der Waals surface area (Å²) in [5.74, 6) is 0.921. The monoisotopic (exact) mass is 253 g/mol. The van der Waals surface area contributed by atoms with Crippen LogP contribution in [0.4, 0.5) is 0 Å². The minimum Gasteiger partial charge on any atom is -0.467 e. The molecule has 0 unspecified atom stereocenters. The molecule has 4 nitrogen and oxygen atoms in total. The van der Waals surface area contributed by atoms with Gasteiger partial charge in [-0.05, 0) is 19.5 Å². The number of nitrogens with zero attached hydrogens (tertiary/aromatic N) is 2. The van der Waals surface area contributed by atoms with Gasteiger partial charge in [-0.2, -0.15) is 5.10 Å². The Morgan fingerprint density at radius 2 is 2.35 bits per heavy atom. The van der Waals surface area contributed by atoms with Gasteiger partial charge in [-0.1, -0.05) is 18.5 Å². The first-order valence-electron chi connectivity index (χ1n) is 5.66. The Morgan fingerprint density at radius 1 is 1.53 bits per heavy atom. The van der Waals surface area contributed by atoms with Crippen LogP contribution in [0.15, 0.2) is 22.9 Å². The summed E-state index contributed by atoms with van der Waals surface area (Å²) in [6, 6.07) is 1.98. The predicted molar refractivity (Wildman–Crippen MR) is 67.2 cm³/mol. The fraction of sp³-hybridized carbons (Fsp3) is 0.417. The van der Waals surface area contributed by atoms with Crippen LogP contribution in [0.1, 0.15) is 23.9 Å². The first-order valence-corrected chi connectivity index (χ1v) is 6.04. The highest BCUT2D eigenvalue weighted by molar-refractivity contribution is 6.31. The third kappa shape index (κ3) is 2.90. The van der Waals surface area contributed by atoms with Crippen molar-refractivity contribution in [1.82, 2.24) is 15.1 Å². The molecule has 0 aliphatic heterocycles. The molecule has 0 aliphatic carbocycles. The van der Waals surface area contributed by atoms with Crippen LogP contribution in [0.2, 0.25) is 5.02 Å². The van der Waals surface area contributed by atoms with Gasteiger partial charge in [0.1, 0.15) is 5.76 Å². The van der Waals surface area contributed by atoms with E-state index >= 15 is 0 Å². The number of hydrogen-bond donors (Lipinski definition) is 1.